The summed E-state index contributed by atoms with van der Waals surface area (Å²) in [6.07, 6.45) is 27.5. The predicted octanol–water partition coefficient (Wildman–Crippen LogP) is 10.3. The average Bonchev–Trinajstić information content (AvgIpc) is 3.81. The number of aromatic nitrogens is 2. The number of allylic oxidation sites excluding steroid dienone is 9. The zero-order valence-corrected chi connectivity index (χ0v) is 29.2. The van der Waals surface area contributed by atoms with E-state index in [1.54, 1.807) is 0 Å². The van der Waals surface area contributed by atoms with Crippen LogP contribution in [0.5, 0.6) is 0 Å². The van der Waals surface area contributed by atoms with Crippen molar-refractivity contribution in [2.45, 2.75) is 63.1 Å². The molecule has 0 amide bonds. The molecule has 4 unspecified atom stereocenters. The summed E-state index contributed by atoms with van der Waals surface area (Å²) in [5.41, 5.74) is 11.2. The Kier molecular flexibility index (Phi) is 7.81. The Morgan fingerprint density at radius 2 is 1.58 bits per heavy atom. The normalized spacial score (nSPS) is 24.1. The minimum absolute atomic E-state index is 0.130. The standard InChI is InChI=1S/C46H41N5O/c1-3-11-32(12-4-1)43-48-44(33-13-5-2-6-14-33)50-45(49-43)34-21-19-30(20-22-34)31-23-26-36(27-24-31)51-40-17-9-7-15-37(40)38-29-35(25-28-41(38)51)46-47-39-16-8-10-18-42(39)52-46/h1-13,15-19,21,23,25,28,33,35-36,44H,14,20,22,24,26-27,29H2,(H,48,49,50). The molecule has 4 aliphatic carbocycles. The Bertz CT molecular complexity index is 2410. The first-order valence-corrected chi connectivity index (χ1v) is 18.8. The Morgan fingerprint density at radius 1 is 0.750 bits per heavy atom. The molecule has 6 heteroatoms. The van der Waals surface area contributed by atoms with Gasteiger partial charge in [0.05, 0.1) is 5.92 Å². The molecule has 6 nitrogen and oxygen atoms in total. The van der Waals surface area contributed by atoms with E-state index in [0.717, 1.165) is 79.2 Å². The molecule has 10 rings (SSSR count). The summed E-state index contributed by atoms with van der Waals surface area (Å²) in [4.78, 5) is 15.1. The first kappa shape index (κ1) is 31.0. The Balaban J connectivity index is 0.891. The number of hydrogen-bond acceptors (Lipinski definition) is 5. The molecule has 0 bridgehead atoms. The number of benzene rings is 3. The van der Waals surface area contributed by atoms with Gasteiger partial charge in [-0.1, -0.05) is 109 Å². The van der Waals surface area contributed by atoms with E-state index in [4.69, 9.17) is 19.4 Å². The SMILES string of the molecule is C1=CCC(C2N=C(C3=CC=C(C4=CCC(n5c6c(c7ccccc75)CC(c5nc7ccccc7o5)C=C6)CC4)CC3)NC(c3ccccc3)=N2)C=C1. The molecule has 1 aliphatic heterocycles. The van der Waals surface area contributed by atoms with Crippen LogP contribution in [0.25, 0.3) is 28.1 Å². The lowest BCUT2D eigenvalue weighted by molar-refractivity contribution is 0.460. The van der Waals surface area contributed by atoms with E-state index in [1.807, 2.05) is 24.3 Å². The second-order valence-corrected chi connectivity index (χ2v) is 14.6. The van der Waals surface area contributed by atoms with Gasteiger partial charge in [0, 0.05) is 34.1 Å². The van der Waals surface area contributed by atoms with Crippen LogP contribution in [0.15, 0.2) is 159 Å². The molecule has 1 N–H and O–H groups in total. The highest BCUT2D eigenvalue weighted by atomic mass is 16.3. The number of amidine groups is 2. The summed E-state index contributed by atoms with van der Waals surface area (Å²) in [6.45, 7) is 0. The summed E-state index contributed by atoms with van der Waals surface area (Å²) in [6, 6.07) is 27.9. The van der Waals surface area contributed by atoms with Gasteiger partial charge in [-0.15, -0.1) is 0 Å². The molecule has 2 aromatic heterocycles. The molecule has 0 fully saturated rings. The minimum Gasteiger partial charge on any atom is -0.440 e. The molecule has 3 aromatic carbocycles. The van der Waals surface area contributed by atoms with Gasteiger partial charge in [-0.25, -0.2) is 15.0 Å². The summed E-state index contributed by atoms with van der Waals surface area (Å²) >= 11 is 0. The molecule has 0 radical (unpaired) electrons. The Labute approximate surface area is 304 Å². The number of fused-ring (bicyclic) bond motifs is 4. The van der Waals surface area contributed by atoms with Gasteiger partial charge in [-0.2, -0.15) is 0 Å². The Morgan fingerprint density at radius 3 is 2.40 bits per heavy atom. The average molecular weight is 680 g/mol. The van der Waals surface area contributed by atoms with E-state index < -0.39 is 0 Å². The van der Waals surface area contributed by atoms with Crippen LogP contribution in [0.4, 0.5) is 0 Å². The number of aliphatic imine (C=N–C) groups is 2. The first-order valence-electron chi connectivity index (χ1n) is 18.8. The van der Waals surface area contributed by atoms with Crippen molar-refractivity contribution < 1.29 is 4.42 Å². The van der Waals surface area contributed by atoms with Gasteiger partial charge in [-0.3, -0.25) is 0 Å². The zero-order valence-electron chi connectivity index (χ0n) is 29.2. The predicted molar refractivity (Wildman–Crippen MR) is 212 cm³/mol. The largest absolute Gasteiger partial charge is 0.440 e. The van der Waals surface area contributed by atoms with Crippen molar-refractivity contribution in [2.75, 3.05) is 0 Å². The maximum absolute atomic E-state index is 6.21. The molecule has 0 saturated carbocycles. The number of para-hydroxylation sites is 3. The van der Waals surface area contributed by atoms with Crippen molar-refractivity contribution in [2.24, 2.45) is 15.9 Å². The Hall–Kier alpha value is -5.75. The molecule has 4 atom stereocenters. The smallest absolute Gasteiger partial charge is 0.202 e. The van der Waals surface area contributed by atoms with Crippen LogP contribution in [0, 0.1) is 5.92 Å². The lowest BCUT2D eigenvalue weighted by Crippen LogP contribution is -2.40. The van der Waals surface area contributed by atoms with E-state index in [1.165, 1.54) is 38.9 Å². The summed E-state index contributed by atoms with van der Waals surface area (Å²) in [5.74, 6) is 3.08. The van der Waals surface area contributed by atoms with Crippen LogP contribution in [-0.2, 0) is 6.42 Å². The molecule has 5 aliphatic rings. The second-order valence-electron chi connectivity index (χ2n) is 14.6. The highest BCUT2D eigenvalue weighted by molar-refractivity contribution is 6.15. The number of oxazole rings is 1. The highest BCUT2D eigenvalue weighted by Crippen LogP contribution is 2.42. The van der Waals surface area contributed by atoms with Crippen LogP contribution in [0.2, 0.25) is 0 Å². The van der Waals surface area contributed by atoms with Gasteiger partial charge in [0.25, 0.3) is 0 Å². The molecule has 5 aromatic rings. The van der Waals surface area contributed by atoms with Crippen molar-refractivity contribution in [3.8, 4) is 0 Å². The number of hydrogen-bond donors (Lipinski definition) is 1. The van der Waals surface area contributed by atoms with E-state index in [-0.39, 0.29) is 18.0 Å². The number of nitrogens with zero attached hydrogens (tertiary/aromatic N) is 4. The molecule has 256 valence electrons. The van der Waals surface area contributed by atoms with Gasteiger partial charge in [0.1, 0.15) is 17.2 Å². The molecule has 0 saturated heterocycles. The van der Waals surface area contributed by atoms with Crippen LogP contribution >= 0.6 is 0 Å². The summed E-state index contributed by atoms with van der Waals surface area (Å²) < 4.78 is 8.84. The highest BCUT2D eigenvalue weighted by Gasteiger charge is 2.30. The van der Waals surface area contributed by atoms with Crippen LogP contribution in [-0.4, -0.2) is 27.4 Å². The summed E-state index contributed by atoms with van der Waals surface area (Å²) in [7, 11) is 0. The van der Waals surface area contributed by atoms with Crippen LogP contribution in [0.1, 0.15) is 73.2 Å². The van der Waals surface area contributed by atoms with E-state index in [0.29, 0.717) is 6.04 Å². The lowest BCUT2D eigenvalue weighted by Gasteiger charge is -2.29. The topological polar surface area (TPSA) is 67.7 Å². The number of rotatable bonds is 6. The van der Waals surface area contributed by atoms with E-state index in [9.17, 15) is 0 Å². The van der Waals surface area contributed by atoms with E-state index in [2.05, 4.69) is 119 Å². The van der Waals surface area contributed by atoms with Gasteiger partial charge in [0.2, 0.25) is 5.89 Å². The fourth-order valence-electron chi connectivity index (χ4n) is 8.69. The van der Waals surface area contributed by atoms with Crippen molar-refractivity contribution >= 4 is 39.7 Å². The third-order valence-corrected chi connectivity index (χ3v) is 11.4. The van der Waals surface area contributed by atoms with Gasteiger partial charge in [0.15, 0.2) is 11.7 Å². The fraction of sp³-hybridized carbons (Fsp3) is 0.239. The van der Waals surface area contributed by atoms with Gasteiger partial charge in [-0.05, 0) is 91.5 Å². The van der Waals surface area contributed by atoms with Crippen molar-refractivity contribution in [1.82, 2.24) is 14.9 Å². The van der Waals surface area contributed by atoms with Crippen molar-refractivity contribution in [3.05, 3.63) is 167 Å². The zero-order chi connectivity index (χ0) is 34.4. The van der Waals surface area contributed by atoms with Crippen molar-refractivity contribution in [1.29, 1.82) is 0 Å². The summed E-state index contributed by atoms with van der Waals surface area (Å²) in [5, 5.41) is 4.96. The molecule has 0 spiro atoms. The lowest BCUT2D eigenvalue weighted by atomic mass is 9.85. The van der Waals surface area contributed by atoms with Crippen LogP contribution in [0.3, 0.4) is 0 Å². The van der Waals surface area contributed by atoms with Gasteiger partial charge < -0.3 is 14.3 Å². The second kappa shape index (κ2) is 13.1. The maximum Gasteiger partial charge on any atom is 0.202 e. The molecule has 3 heterocycles. The number of nitrogens with one attached hydrogen (secondary N) is 1. The quantitative estimate of drug-likeness (QED) is 0.194. The molecule has 52 heavy (non-hydrogen) atoms. The first-order chi connectivity index (χ1) is 25.7. The fourth-order valence-corrected chi connectivity index (χ4v) is 8.69. The van der Waals surface area contributed by atoms with E-state index >= 15 is 0 Å². The van der Waals surface area contributed by atoms with Crippen LogP contribution < -0.4 is 5.32 Å². The maximum atomic E-state index is 6.21. The molecular weight excluding hydrogens is 639 g/mol. The third kappa shape index (κ3) is 5.63. The van der Waals surface area contributed by atoms with Crippen molar-refractivity contribution in [3.63, 3.8) is 0 Å². The molecular formula is C46H41N5O. The van der Waals surface area contributed by atoms with Gasteiger partial charge >= 0.3 is 0 Å². The monoisotopic (exact) mass is 679 g/mol. The minimum atomic E-state index is -0.130. The third-order valence-electron chi connectivity index (χ3n) is 11.4.